The predicted octanol–water partition coefficient (Wildman–Crippen LogP) is 0.389. The molecule has 1 amide bonds. The molecule has 4 N–H and O–H groups in total. The van der Waals surface area contributed by atoms with Crippen LogP contribution in [-0.2, 0) is 15.6 Å². The van der Waals surface area contributed by atoms with Crippen molar-refractivity contribution in [2.45, 2.75) is 17.1 Å². The molecular weight excluding hydrogens is 219 g/mol. The van der Waals surface area contributed by atoms with Crippen LogP contribution >= 0.6 is 0 Å². The fourth-order valence-corrected chi connectivity index (χ4v) is 2.11. The fourth-order valence-electron chi connectivity index (χ4n) is 1.01. The summed E-state index contributed by atoms with van der Waals surface area (Å²) in [5, 5.41) is -0.869. The molecule has 0 fully saturated rings. The zero-order valence-corrected chi connectivity index (χ0v) is 8.88. The van der Waals surface area contributed by atoms with Crippen molar-refractivity contribution < 1.29 is 13.4 Å². The Hall–Kier alpha value is -1.43. The van der Waals surface area contributed by atoms with Crippen molar-refractivity contribution in [3.05, 3.63) is 24.0 Å². The molecule has 0 saturated heterocycles. The molecule has 2 atom stereocenters. The minimum atomic E-state index is -1.67. The van der Waals surface area contributed by atoms with Crippen molar-refractivity contribution in [2.24, 2.45) is 5.73 Å². The van der Waals surface area contributed by atoms with Gasteiger partial charge in [0.1, 0.15) is 11.1 Å². The second-order valence-electron chi connectivity index (χ2n) is 3.06. The van der Waals surface area contributed by atoms with Crippen LogP contribution < -0.4 is 11.5 Å². The summed E-state index contributed by atoms with van der Waals surface area (Å²) in [7, 11) is -1.67. The van der Waals surface area contributed by atoms with Crippen molar-refractivity contribution >= 4 is 22.4 Å². The number of anilines is 1. The highest BCUT2D eigenvalue weighted by molar-refractivity contribution is 7.86. The van der Waals surface area contributed by atoms with Crippen LogP contribution in [-0.4, -0.2) is 15.4 Å². The minimum Gasteiger partial charge on any atom is -0.399 e. The van der Waals surface area contributed by atoms with Crippen LogP contribution in [0.25, 0.3) is 0 Å². The first-order valence-corrected chi connectivity index (χ1v) is 5.39. The summed E-state index contributed by atoms with van der Waals surface area (Å²) < 4.78 is 24.6. The molecule has 0 bridgehead atoms. The van der Waals surface area contributed by atoms with Gasteiger partial charge in [0.25, 0.3) is 0 Å². The van der Waals surface area contributed by atoms with E-state index in [9.17, 15) is 13.4 Å². The molecule has 6 heteroatoms. The summed E-state index contributed by atoms with van der Waals surface area (Å²) in [4.78, 5) is 11.0. The lowest BCUT2D eigenvalue weighted by molar-refractivity contribution is -0.117. The molecular formula is C9H11FN2O2S. The van der Waals surface area contributed by atoms with Crippen LogP contribution in [0, 0.1) is 5.82 Å². The molecule has 1 aromatic rings. The van der Waals surface area contributed by atoms with Gasteiger partial charge in [0.2, 0.25) is 5.91 Å². The van der Waals surface area contributed by atoms with E-state index in [-0.39, 0.29) is 10.6 Å². The van der Waals surface area contributed by atoms with E-state index in [4.69, 9.17) is 11.5 Å². The summed E-state index contributed by atoms with van der Waals surface area (Å²) >= 11 is 0. The Balaban J connectivity index is 3.06. The van der Waals surface area contributed by atoms with E-state index in [0.29, 0.717) is 0 Å². The lowest BCUT2D eigenvalue weighted by atomic mass is 10.3. The number of carbonyl (C=O) groups is 1. The Morgan fingerprint density at radius 3 is 2.53 bits per heavy atom. The molecule has 0 aliphatic heterocycles. The first-order chi connectivity index (χ1) is 6.91. The highest BCUT2D eigenvalue weighted by Crippen LogP contribution is 2.16. The van der Waals surface area contributed by atoms with Gasteiger partial charge in [-0.3, -0.25) is 9.00 Å². The smallest absolute Gasteiger partial charge is 0.233 e. The molecule has 0 radical (unpaired) electrons. The SMILES string of the molecule is CC(C(N)=O)S(=O)c1cc(N)cc(F)c1. The van der Waals surface area contributed by atoms with Gasteiger partial charge in [-0.25, -0.2) is 4.39 Å². The maximum atomic E-state index is 12.9. The largest absolute Gasteiger partial charge is 0.399 e. The predicted molar refractivity (Wildman–Crippen MR) is 55.9 cm³/mol. The summed E-state index contributed by atoms with van der Waals surface area (Å²) in [6.45, 7) is 1.42. The average molecular weight is 230 g/mol. The molecule has 0 aliphatic rings. The number of amides is 1. The number of hydrogen-bond donors (Lipinski definition) is 2. The third-order valence-corrected chi connectivity index (χ3v) is 3.42. The van der Waals surface area contributed by atoms with Gasteiger partial charge in [-0.2, -0.15) is 0 Å². The number of primary amides is 1. The topological polar surface area (TPSA) is 86.2 Å². The second kappa shape index (κ2) is 4.39. The third-order valence-electron chi connectivity index (χ3n) is 1.85. The number of hydrogen-bond acceptors (Lipinski definition) is 3. The van der Waals surface area contributed by atoms with E-state index in [0.717, 1.165) is 12.1 Å². The maximum Gasteiger partial charge on any atom is 0.233 e. The van der Waals surface area contributed by atoms with Crippen molar-refractivity contribution in [1.82, 2.24) is 0 Å². The molecule has 4 nitrogen and oxygen atoms in total. The Labute approximate surface area is 88.9 Å². The summed E-state index contributed by atoms with van der Waals surface area (Å²) in [5.74, 6) is -1.29. The third kappa shape index (κ3) is 2.76. The van der Waals surface area contributed by atoms with Gasteiger partial charge in [-0.1, -0.05) is 0 Å². The fraction of sp³-hybridized carbons (Fsp3) is 0.222. The molecule has 0 aliphatic carbocycles. The number of benzene rings is 1. The minimum absolute atomic E-state index is 0.162. The monoisotopic (exact) mass is 230 g/mol. The summed E-state index contributed by atoms with van der Waals surface area (Å²) in [6.07, 6.45) is 0. The standard InChI is InChI=1S/C9H11FN2O2S/c1-5(9(12)13)15(14)8-3-6(10)2-7(11)4-8/h2-5H,11H2,1H3,(H2,12,13). The highest BCUT2D eigenvalue weighted by atomic mass is 32.2. The van der Waals surface area contributed by atoms with E-state index in [2.05, 4.69) is 0 Å². The van der Waals surface area contributed by atoms with Crippen LogP contribution in [0.5, 0.6) is 0 Å². The number of rotatable bonds is 3. The van der Waals surface area contributed by atoms with Gasteiger partial charge in [-0.15, -0.1) is 0 Å². The second-order valence-corrected chi connectivity index (χ2v) is 4.84. The lowest BCUT2D eigenvalue weighted by Crippen LogP contribution is -2.29. The van der Waals surface area contributed by atoms with Gasteiger partial charge in [0, 0.05) is 10.6 Å². The molecule has 0 heterocycles. The van der Waals surface area contributed by atoms with E-state index in [1.807, 2.05) is 0 Å². The van der Waals surface area contributed by atoms with Gasteiger partial charge < -0.3 is 11.5 Å². The average Bonchev–Trinajstić information content (AvgIpc) is 2.13. The quantitative estimate of drug-likeness (QED) is 0.736. The van der Waals surface area contributed by atoms with Gasteiger partial charge in [0.05, 0.1) is 10.8 Å². The Morgan fingerprint density at radius 1 is 1.47 bits per heavy atom. The van der Waals surface area contributed by atoms with E-state index in [1.165, 1.54) is 13.0 Å². The Morgan fingerprint density at radius 2 is 2.07 bits per heavy atom. The van der Waals surface area contributed by atoms with Crippen molar-refractivity contribution in [3.63, 3.8) is 0 Å². The van der Waals surface area contributed by atoms with E-state index in [1.54, 1.807) is 0 Å². The number of nitrogen functional groups attached to an aromatic ring is 1. The van der Waals surface area contributed by atoms with E-state index < -0.39 is 27.8 Å². The zero-order chi connectivity index (χ0) is 11.6. The van der Waals surface area contributed by atoms with Crippen molar-refractivity contribution in [2.75, 3.05) is 5.73 Å². The molecule has 15 heavy (non-hydrogen) atoms. The van der Waals surface area contributed by atoms with Crippen LogP contribution in [0.15, 0.2) is 23.1 Å². The van der Waals surface area contributed by atoms with E-state index >= 15 is 0 Å². The summed E-state index contributed by atoms with van der Waals surface area (Å²) in [5.41, 5.74) is 10.5. The van der Waals surface area contributed by atoms with Gasteiger partial charge in [0.15, 0.2) is 0 Å². The van der Waals surface area contributed by atoms with Crippen LogP contribution in [0.3, 0.4) is 0 Å². The van der Waals surface area contributed by atoms with Crippen molar-refractivity contribution in [1.29, 1.82) is 0 Å². The molecule has 1 rings (SSSR count). The first-order valence-electron chi connectivity index (χ1n) is 4.18. The highest BCUT2D eigenvalue weighted by Gasteiger charge is 2.19. The zero-order valence-electron chi connectivity index (χ0n) is 8.07. The number of nitrogens with two attached hydrogens (primary N) is 2. The molecule has 1 aromatic carbocycles. The number of halogens is 1. The molecule has 0 spiro atoms. The first kappa shape index (κ1) is 11.6. The molecule has 0 aromatic heterocycles. The van der Waals surface area contributed by atoms with Gasteiger partial charge >= 0.3 is 0 Å². The van der Waals surface area contributed by atoms with Crippen molar-refractivity contribution in [3.8, 4) is 0 Å². The molecule has 82 valence electrons. The molecule has 2 unspecified atom stereocenters. The Bertz CT molecular complexity index is 402. The normalized spacial score (nSPS) is 14.5. The maximum absolute atomic E-state index is 12.9. The van der Waals surface area contributed by atoms with Crippen LogP contribution in [0.4, 0.5) is 10.1 Å². The lowest BCUT2D eigenvalue weighted by Gasteiger charge is -2.08. The van der Waals surface area contributed by atoms with Gasteiger partial charge in [-0.05, 0) is 25.1 Å². The molecule has 0 saturated carbocycles. The van der Waals surface area contributed by atoms with Crippen LogP contribution in [0.1, 0.15) is 6.92 Å². The van der Waals surface area contributed by atoms with Crippen LogP contribution in [0.2, 0.25) is 0 Å². The summed E-state index contributed by atoms with van der Waals surface area (Å²) in [6, 6.07) is 3.54. The number of carbonyl (C=O) groups excluding carboxylic acids is 1. The Kier molecular flexibility index (Phi) is 3.41.